The van der Waals surface area contributed by atoms with Crippen molar-refractivity contribution in [3.63, 3.8) is 0 Å². The Morgan fingerprint density at radius 3 is 2.52 bits per heavy atom. The van der Waals surface area contributed by atoms with E-state index in [2.05, 4.69) is 5.32 Å². The molecule has 1 aliphatic heterocycles. The molecule has 0 saturated carbocycles. The maximum Gasteiger partial charge on any atom is 0.241 e. The summed E-state index contributed by atoms with van der Waals surface area (Å²) in [6.07, 6.45) is 1.21. The fraction of sp³-hybridized carbons (Fsp3) is 0.500. The molecule has 0 aliphatic carbocycles. The summed E-state index contributed by atoms with van der Waals surface area (Å²) in [6.45, 7) is 1.23. The molecule has 4 N–H and O–H groups in total. The number of hydrogen-bond donors (Lipinski definition) is 3. The number of aromatic hydroxyl groups is 1. The molecular weight excluding hydrogens is 298 g/mol. The summed E-state index contributed by atoms with van der Waals surface area (Å²) in [5.41, 5.74) is 6.40. The largest absolute Gasteiger partial charge is 0.508 e. The lowest BCUT2D eigenvalue weighted by Crippen LogP contribution is -2.49. The molecule has 2 amide bonds. The van der Waals surface area contributed by atoms with Crippen LogP contribution in [0.4, 0.5) is 5.69 Å². The highest BCUT2D eigenvalue weighted by molar-refractivity contribution is 5.92. The number of phenolic OH excluding ortho intramolecular Hbond substituents is 1. The van der Waals surface area contributed by atoms with Crippen LogP contribution in [0.1, 0.15) is 12.8 Å². The molecule has 1 aromatic rings. The third-order valence-corrected chi connectivity index (χ3v) is 3.98. The molecule has 7 heteroatoms. The number of nitrogens with zero attached hydrogens (tertiary/aromatic N) is 1. The van der Waals surface area contributed by atoms with Gasteiger partial charge in [-0.1, -0.05) is 0 Å². The van der Waals surface area contributed by atoms with Gasteiger partial charge in [-0.25, -0.2) is 0 Å². The molecule has 1 saturated heterocycles. The van der Waals surface area contributed by atoms with Crippen LogP contribution in [0.25, 0.3) is 0 Å². The van der Waals surface area contributed by atoms with E-state index in [0.29, 0.717) is 31.6 Å². The average molecular weight is 321 g/mol. The molecule has 23 heavy (non-hydrogen) atoms. The molecular formula is C16H23N3O4. The van der Waals surface area contributed by atoms with Crippen LogP contribution in [-0.2, 0) is 14.3 Å². The third-order valence-electron chi connectivity index (χ3n) is 3.98. The molecule has 0 aromatic heterocycles. The number of nitrogens with one attached hydrogen (secondary N) is 1. The van der Waals surface area contributed by atoms with E-state index < -0.39 is 6.04 Å². The van der Waals surface area contributed by atoms with Gasteiger partial charge in [0.15, 0.2) is 0 Å². The lowest BCUT2D eigenvalue weighted by molar-refractivity contribution is -0.136. The molecule has 1 heterocycles. The standard InChI is InChI=1S/C16H23N3O4/c1-23-10-14(17)16(22)19-8-6-11(7-9-19)15(21)18-12-2-4-13(20)5-3-12/h2-5,11,14,20H,6-10,17H2,1H3,(H,18,21). The highest BCUT2D eigenvalue weighted by atomic mass is 16.5. The van der Waals surface area contributed by atoms with Crippen molar-refractivity contribution in [3.05, 3.63) is 24.3 Å². The first-order valence-electron chi connectivity index (χ1n) is 7.64. The minimum absolute atomic E-state index is 0.0658. The van der Waals surface area contributed by atoms with Crippen molar-refractivity contribution in [2.75, 3.05) is 32.1 Å². The highest BCUT2D eigenvalue weighted by Crippen LogP contribution is 2.21. The number of amides is 2. The monoisotopic (exact) mass is 321 g/mol. The Hall–Kier alpha value is -2.12. The lowest BCUT2D eigenvalue weighted by Gasteiger charge is -2.32. The van der Waals surface area contributed by atoms with Gasteiger partial charge in [-0.05, 0) is 37.1 Å². The second-order valence-corrected chi connectivity index (χ2v) is 5.70. The van der Waals surface area contributed by atoms with E-state index in [4.69, 9.17) is 10.5 Å². The van der Waals surface area contributed by atoms with Crippen molar-refractivity contribution in [3.8, 4) is 5.75 Å². The number of hydrogen-bond acceptors (Lipinski definition) is 5. The van der Waals surface area contributed by atoms with Crippen LogP contribution in [0.3, 0.4) is 0 Å². The number of phenols is 1. The van der Waals surface area contributed by atoms with E-state index in [9.17, 15) is 14.7 Å². The predicted octanol–water partition coefficient (Wildman–Crippen LogP) is 0.543. The van der Waals surface area contributed by atoms with Gasteiger partial charge in [-0.2, -0.15) is 0 Å². The van der Waals surface area contributed by atoms with Crippen LogP contribution in [-0.4, -0.2) is 54.7 Å². The van der Waals surface area contributed by atoms with E-state index in [-0.39, 0.29) is 30.1 Å². The molecule has 7 nitrogen and oxygen atoms in total. The number of carbonyl (C=O) groups is 2. The number of methoxy groups -OCH3 is 1. The first-order chi connectivity index (χ1) is 11.0. The fourth-order valence-corrected chi connectivity index (χ4v) is 2.64. The number of benzene rings is 1. The Labute approximate surface area is 135 Å². The second-order valence-electron chi connectivity index (χ2n) is 5.70. The summed E-state index contributed by atoms with van der Waals surface area (Å²) in [5, 5.41) is 12.1. The first kappa shape index (κ1) is 17.2. The van der Waals surface area contributed by atoms with E-state index in [1.165, 1.54) is 19.2 Å². The SMILES string of the molecule is COCC(N)C(=O)N1CCC(C(=O)Nc2ccc(O)cc2)CC1. The maximum absolute atomic E-state index is 12.2. The second kappa shape index (κ2) is 7.94. The molecule has 1 atom stereocenters. The molecule has 1 unspecified atom stereocenters. The van der Waals surface area contributed by atoms with Crippen molar-refractivity contribution >= 4 is 17.5 Å². The average Bonchev–Trinajstić information content (AvgIpc) is 2.56. The van der Waals surface area contributed by atoms with E-state index in [0.717, 1.165) is 0 Å². The summed E-state index contributed by atoms with van der Waals surface area (Å²) in [5.74, 6) is -0.179. The van der Waals surface area contributed by atoms with Gasteiger partial charge >= 0.3 is 0 Å². The van der Waals surface area contributed by atoms with Gasteiger partial charge in [-0.15, -0.1) is 0 Å². The van der Waals surface area contributed by atoms with Gasteiger partial charge in [0.25, 0.3) is 0 Å². The van der Waals surface area contributed by atoms with Gasteiger partial charge in [-0.3, -0.25) is 9.59 Å². The van der Waals surface area contributed by atoms with Gasteiger partial charge < -0.3 is 25.8 Å². The Morgan fingerprint density at radius 2 is 1.96 bits per heavy atom. The lowest BCUT2D eigenvalue weighted by atomic mass is 9.95. The summed E-state index contributed by atoms with van der Waals surface area (Å²) < 4.78 is 4.90. The zero-order chi connectivity index (χ0) is 16.8. The molecule has 126 valence electrons. The number of nitrogens with two attached hydrogens (primary N) is 1. The molecule has 2 rings (SSSR count). The fourth-order valence-electron chi connectivity index (χ4n) is 2.64. The molecule has 0 spiro atoms. The van der Waals surface area contributed by atoms with Crippen LogP contribution in [0.5, 0.6) is 5.75 Å². The minimum Gasteiger partial charge on any atom is -0.508 e. The summed E-state index contributed by atoms with van der Waals surface area (Å²) in [7, 11) is 1.51. The molecule has 1 aliphatic rings. The number of piperidine rings is 1. The number of anilines is 1. The van der Waals surface area contributed by atoms with Gasteiger partial charge in [0.1, 0.15) is 11.8 Å². The zero-order valence-electron chi connectivity index (χ0n) is 13.2. The zero-order valence-corrected chi connectivity index (χ0v) is 13.2. The third kappa shape index (κ3) is 4.67. The van der Waals surface area contributed by atoms with Gasteiger partial charge in [0, 0.05) is 31.8 Å². The Kier molecular flexibility index (Phi) is 5.95. The van der Waals surface area contributed by atoms with Crippen molar-refractivity contribution in [1.82, 2.24) is 4.90 Å². The van der Waals surface area contributed by atoms with E-state index in [1.807, 2.05) is 0 Å². The van der Waals surface area contributed by atoms with Crippen LogP contribution >= 0.6 is 0 Å². The molecule has 1 fully saturated rings. The molecule has 0 radical (unpaired) electrons. The van der Waals surface area contributed by atoms with Crippen LogP contribution in [0.2, 0.25) is 0 Å². The Morgan fingerprint density at radius 1 is 1.35 bits per heavy atom. The highest BCUT2D eigenvalue weighted by Gasteiger charge is 2.29. The van der Waals surface area contributed by atoms with Crippen LogP contribution < -0.4 is 11.1 Å². The number of likely N-dealkylation sites (tertiary alicyclic amines) is 1. The van der Waals surface area contributed by atoms with E-state index >= 15 is 0 Å². The topological polar surface area (TPSA) is 105 Å². The van der Waals surface area contributed by atoms with Crippen molar-refractivity contribution in [2.45, 2.75) is 18.9 Å². The number of carbonyl (C=O) groups excluding carboxylic acids is 2. The number of rotatable bonds is 5. The van der Waals surface area contributed by atoms with Crippen molar-refractivity contribution in [1.29, 1.82) is 0 Å². The quantitative estimate of drug-likeness (QED) is 0.687. The van der Waals surface area contributed by atoms with Gasteiger partial charge in [0.2, 0.25) is 11.8 Å². The Balaban J connectivity index is 1.82. The van der Waals surface area contributed by atoms with Crippen LogP contribution in [0, 0.1) is 5.92 Å². The van der Waals surface area contributed by atoms with Gasteiger partial charge in [0.05, 0.1) is 6.61 Å². The number of ether oxygens (including phenoxy) is 1. The maximum atomic E-state index is 12.2. The summed E-state index contributed by atoms with van der Waals surface area (Å²) in [4.78, 5) is 26.0. The van der Waals surface area contributed by atoms with E-state index in [1.54, 1.807) is 17.0 Å². The smallest absolute Gasteiger partial charge is 0.241 e. The molecule has 0 bridgehead atoms. The molecule has 1 aromatic carbocycles. The normalized spacial score (nSPS) is 16.9. The van der Waals surface area contributed by atoms with Crippen molar-refractivity contribution in [2.24, 2.45) is 11.7 Å². The van der Waals surface area contributed by atoms with Crippen molar-refractivity contribution < 1.29 is 19.4 Å². The predicted molar refractivity (Wildman–Crippen MR) is 85.9 cm³/mol. The summed E-state index contributed by atoms with van der Waals surface area (Å²) >= 11 is 0. The Bertz CT molecular complexity index is 539. The minimum atomic E-state index is -0.651. The summed E-state index contributed by atoms with van der Waals surface area (Å²) in [6, 6.07) is 5.69. The first-order valence-corrected chi connectivity index (χ1v) is 7.64. The van der Waals surface area contributed by atoms with Crippen LogP contribution in [0.15, 0.2) is 24.3 Å².